The largest absolute Gasteiger partial charge is 0.455 e. The van der Waals surface area contributed by atoms with Crippen LogP contribution in [0, 0.1) is 5.92 Å². The second-order valence-electron chi connectivity index (χ2n) is 7.76. The number of hydrogen-bond acceptors (Lipinski definition) is 4. The van der Waals surface area contributed by atoms with Crippen molar-refractivity contribution in [2.75, 3.05) is 16.8 Å². The minimum atomic E-state index is -0.430. The molecule has 2 aromatic rings. The lowest BCUT2D eigenvalue weighted by atomic mass is 9.86. The molecule has 0 saturated heterocycles. The third kappa shape index (κ3) is 4.70. The zero-order valence-corrected chi connectivity index (χ0v) is 17.6. The first-order valence-corrected chi connectivity index (χ1v) is 10.3. The maximum absolute atomic E-state index is 13.0. The Morgan fingerprint density at radius 3 is 2.50 bits per heavy atom. The summed E-state index contributed by atoms with van der Waals surface area (Å²) in [7, 11) is 0. The molecule has 2 aromatic carbocycles. The van der Waals surface area contributed by atoms with Gasteiger partial charge >= 0.3 is 5.97 Å². The molecule has 1 N–H and O–H groups in total. The van der Waals surface area contributed by atoms with Crippen molar-refractivity contribution in [1.29, 1.82) is 0 Å². The first kappa shape index (κ1) is 21.6. The van der Waals surface area contributed by atoms with E-state index in [-0.39, 0.29) is 36.8 Å². The molecule has 0 aliphatic carbocycles. The molecule has 0 radical (unpaired) electrons. The van der Waals surface area contributed by atoms with Gasteiger partial charge in [-0.25, -0.2) is 0 Å². The second kappa shape index (κ2) is 9.57. The fraction of sp³-hybridized carbons (Fsp3) is 0.375. The topological polar surface area (TPSA) is 75.7 Å². The summed E-state index contributed by atoms with van der Waals surface area (Å²) in [5.41, 5.74) is 2.07. The summed E-state index contributed by atoms with van der Waals surface area (Å²) in [6, 6.07) is 16.3. The summed E-state index contributed by atoms with van der Waals surface area (Å²) in [5, 5.41) is 2.82. The van der Waals surface area contributed by atoms with Gasteiger partial charge in [0.1, 0.15) is 0 Å². The van der Waals surface area contributed by atoms with Gasteiger partial charge in [-0.3, -0.25) is 14.4 Å². The molecule has 1 aliphatic rings. The van der Waals surface area contributed by atoms with Crippen molar-refractivity contribution in [3.63, 3.8) is 0 Å². The lowest BCUT2D eigenvalue weighted by Crippen LogP contribution is -2.42. The fourth-order valence-corrected chi connectivity index (χ4v) is 3.85. The molecule has 1 aliphatic heterocycles. The molecule has 0 fully saturated rings. The van der Waals surface area contributed by atoms with E-state index < -0.39 is 11.9 Å². The quantitative estimate of drug-likeness (QED) is 0.730. The predicted molar refractivity (Wildman–Crippen MR) is 116 cm³/mol. The van der Waals surface area contributed by atoms with E-state index in [4.69, 9.17) is 4.74 Å². The summed E-state index contributed by atoms with van der Waals surface area (Å²) in [5.74, 6) is -1.26. The van der Waals surface area contributed by atoms with Gasteiger partial charge in [-0.15, -0.1) is 0 Å². The number of benzene rings is 2. The molecule has 0 spiro atoms. The number of rotatable bonds is 6. The zero-order valence-electron chi connectivity index (χ0n) is 17.6. The number of anilines is 2. The van der Waals surface area contributed by atoms with Gasteiger partial charge in [0.2, 0.25) is 5.91 Å². The van der Waals surface area contributed by atoms with Gasteiger partial charge in [0, 0.05) is 12.5 Å². The van der Waals surface area contributed by atoms with E-state index in [0.717, 1.165) is 12.0 Å². The molecule has 0 bridgehead atoms. The number of esters is 1. The number of nitrogens with one attached hydrogen (secondary N) is 1. The number of carbonyl (C=O) groups excluding carboxylic acids is 3. The Kier molecular flexibility index (Phi) is 6.87. The summed E-state index contributed by atoms with van der Waals surface area (Å²) >= 11 is 0. The van der Waals surface area contributed by atoms with Gasteiger partial charge < -0.3 is 15.0 Å². The number of carbonyl (C=O) groups is 3. The number of fused-ring (bicyclic) bond motifs is 1. The van der Waals surface area contributed by atoms with Gasteiger partial charge in [0.25, 0.3) is 5.91 Å². The zero-order chi connectivity index (χ0) is 21.7. The standard InChI is InChI=1S/C24H28N2O4/c1-4-16(2)23(18-10-6-5-7-11-18)24(29)30-15-22(28)26-17(3)14-21(27)25-19-12-8-9-13-20(19)26/h5-13,16-17,23H,4,14-15H2,1-3H3,(H,25,27). The SMILES string of the molecule is CCC(C)C(C(=O)OCC(=O)N1c2ccccc2NC(=O)CC1C)c1ccccc1. The van der Waals surface area contributed by atoms with Gasteiger partial charge in [-0.05, 0) is 30.5 Å². The Hall–Kier alpha value is -3.15. The Balaban J connectivity index is 1.77. The fourth-order valence-electron chi connectivity index (χ4n) is 3.85. The van der Waals surface area contributed by atoms with E-state index in [9.17, 15) is 14.4 Å². The van der Waals surface area contributed by atoms with Crippen LogP contribution in [0.2, 0.25) is 0 Å². The molecule has 158 valence electrons. The van der Waals surface area contributed by atoms with Crippen LogP contribution in [-0.2, 0) is 19.1 Å². The van der Waals surface area contributed by atoms with Gasteiger partial charge in [0.05, 0.1) is 17.3 Å². The highest BCUT2D eigenvalue weighted by molar-refractivity contribution is 6.05. The van der Waals surface area contributed by atoms with Gasteiger partial charge in [0.15, 0.2) is 6.61 Å². The van der Waals surface area contributed by atoms with Crippen LogP contribution in [0.1, 0.15) is 45.1 Å². The molecule has 3 unspecified atom stereocenters. The smallest absolute Gasteiger partial charge is 0.314 e. The Morgan fingerprint density at radius 2 is 1.80 bits per heavy atom. The van der Waals surface area contributed by atoms with E-state index >= 15 is 0 Å². The van der Waals surface area contributed by atoms with Gasteiger partial charge in [-0.1, -0.05) is 62.7 Å². The molecule has 6 heteroatoms. The van der Waals surface area contributed by atoms with E-state index in [1.54, 1.807) is 23.1 Å². The third-order valence-corrected chi connectivity index (χ3v) is 5.59. The average Bonchev–Trinajstić information content (AvgIpc) is 2.87. The van der Waals surface area contributed by atoms with Crippen LogP contribution in [0.25, 0.3) is 0 Å². The highest BCUT2D eigenvalue weighted by atomic mass is 16.5. The Labute approximate surface area is 177 Å². The van der Waals surface area contributed by atoms with E-state index in [1.807, 2.05) is 57.2 Å². The predicted octanol–water partition coefficient (Wildman–Crippen LogP) is 4.12. The number of para-hydroxylation sites is 2. The number of nitrogens with zero attached hydrogens (tertiary/aromatic N) is 1. The van der Waals surface area contributed by atoms with E-state index in [1.165, 1.54) is 0 Å². The lowest BCUT2D eigenvalue weighted by Gasteiger charge is -2.28. The van der Waals surface area contributed by atoms with Crippen molar-refractivity contribution in [3.05, 3.63) is 60.2 Å². The maximum Gasteiger partial charge on any atom is 0.314 e. The number of ether oxygens (including phenoxy) is 1. The lowest BCUT2D eigenvalue weighted by molar-refractivity contribution is -0.150. The minimum absolute atomic E-state index is 0.0784. The Morgan fingerprint density at radius 1 is 1.13 bits per heavy atom. The minimum Gasteiger partial charge on any atom is -0.455 e. The third-order valence-electron chi connectivity index (χ3n) is 5.59. The molecule has 30 heavy (non-hydrogen) atoms. The molecule has 6 nitrogen and oxygen atoms in total. The first-order valence-electron chi connectivity index (χ1n) is 10.3. The second-order valence-corrected chi connectivity index (χ2v) is 7.76. The molecule has 2 amide bonds. The summed E-state index contributed by atoms with van der Waals surface area (Å²) in [6.45, 7) is 5.48. The van der Waals surface area contributed by atoms with Crippen molar-refractivity contribution < 1.29 is 19.1 Å². The maximum atomic E-state index is 13.0. The molecule has 1 heterocycles. The number of amides is 2. The summed E-state index contributed by atoms with van der Waals surface area (Å²) in [6.07, 6.45) is 0.987. The van der Waals surface area contributed by atoms with Crippen LogP contribution >= 0.6 is 0 Å². The summed E-state index contributed by atoms with van der Waals surface area (Å²) < 4.78 is 5.49. The van der Waals surface area contributed by atoms with Crippen molar-refractivity contribution in [2.24, 2.45) is 5.92 Å². The molecular formula is C24H28N2O4. The van der Waals surface area contributed by atoms with E-state index in [0.29, 0.717) is 11.4 Å². The van der Waals surface area contributed by atoms with Crippen molar-refractivity contribution in [1.82, 2.24) is 0 Å². The molecule has 0 saturated carbocycles. The van der Waals surface area contributed by atoms with Crippen LogP contribution in [0.15, 0.2) is 54.6 Å². The van der Waals surface area contributed by atoms with Gasteiger partial charge in [-0.2, -0.15) is 0 Å². The van der Waals surface area contributed by atoms with Crippen LogP contribution in [0.5, 0.6) is 0 Å². The molecular weight excluding hydrogens is 380 g/mol. The summed E-state index contributed by atoms with van der Waals surface area (Å²) in [4.78, 5) is 39.6. The van der Waals surface area contributed by atoms with Crippen LogP contribution in [0.3, 0.4) is 0 Å². The first-order chi connectivity index (χ1) is 14.4. The normalized spacial score (nSPS) is 17.9. The van der Waals surface area contributed by atoms with Crippen LogP contribution < -0.4 is 10.2 Å². The Bertz CT molecular complexity index is 912. The molecule has 0 aromatic heterocycles. The van der Waals surface area contributed by atoms with Crippen LogP contribution in [0.4, 0.5) is 11.4 Å². The van der Waals surface area contributed by atoms with Crippen molar-refractivity contribution in [3.8, 4) is 0 Å². The molecule has 3 atom stereocenters. The van der Waals surface area contributed by atoms with Crippen LogP contribution in [-0.4, -0.2) is 30.4 Å². The monoisotopic (exact) mass is 408 g/mol. The highest BCUT2D eigenvalue weighted by Crippen LogP contribution is 2.32. The van der Waals surface area contributed by atoms with Crippen molar-refractivity contribution >= 4 is 29.2 Å². The molecule has 3 rings (SSSR count). The van der Waals surface area contributed by atoms with E-state index in [2.05, 4.69) is 5.32 Å². The highest BCUT2D eigenvalue weighted by Gasteiger charge is 2.32. The average molecular weight is 408 g/mol. The van der Waals surface area contributed by atoms with Crippen molar-refractivity contribution in [2.45, 2.75) is 45.6 Å². The number of hydrogen-bond donors (Lipinski definition) is 1.